The van der Waals surface area contributed by atoms with E-state index >= 15 is 0 Å². The Labute approximate surface area is 129 Å². The third-order valence-electron chi connectivity index (χ3n) is 3.27. The summed E-state index contributed by atoms with van der Waals surface area (Å²) in [7, 11) is 2.06. The smallest absolute Gasteiger partial charge is 0.134 e. The monoisotopic (exact) mass is 333 g/mol. The van der Waals surface area contributed by atoms with E-state index in [2.05, 4.69) is 82.9 Å². The van der Waals surface area contributed by atoms with Gasteiger partial charge >= 0.3 is 0 Å². The molecule has 3 nitrogen and oxygen atoms in total. The van der Waals surface area contributed by atoms with Gasteiger partial charge in [0, 0.05) is 25.6 Å². The van der Waals surface area contributed by atoms with Gasteiger partial charge in [0.05, 0.1) is 0 Å². The van der Waals surface area contributed by atoms with Gasteiger partial charge in [0.1, 0.15) is 16.2 Å². The minimum atomic E-state index is 0.318. The largest absolute Gasteiger partial charge is 0.355 e. The maximum absolute atomic E-state index is 4.64. The Kier molecular flexibility index (Phi) is 4.76. The molecule has 2 aromatic rings. The first-order valence-electron chi connectivity index (χ1n) is 6.77. The van der Waals surface area contributed by atoms with Crippen molar-refractivity contribution in [3.8, 4) is 0 Å². The summed E-state index contributed by atoms with van der Waals surface area (Å²) >= 11 is 3.47. The van der Waals surface area contributed by atoms with Crippen molar-refractivity contribution in [2.45, 2.75) is 33.2 Å². The van der Waals surface area contributed by atoms with Gasteiger partial charge in [0.15, 0.2) is 0 Å². The highest BCUT2D eigenvalue weighted by molar-refractivity contribution is 9.10. The number of rotatable bonds is 4. The van der Waals surface area contributed by atoms with Crippen LogP contribution >= 0.6 is 15.9 Å². The van der Waals surface area contributed by atoms with E-state index < -0.39 is 0 Å². The molecule has 1 aromatic heterocycles. The molecule has 0 aliphatic rings. The molecule has 0 amide bonds. The van der Waals surface area contributed by atoms with Crippen molar-refractivity contribution >= 4 is 21.7 Å². The lowest BCUT2D eigenvalue weighted by Gasteiger charge is -2.20. The molecule has 1 heterocycles. The van der Waals surface area contributed by atoms with Crippen molar-refractivity contribution in [2.75, 3.05) is 11.9 Å². The van der Waals surface area contributed by atoms with E-state index in [1.54, 1.807) is 0 Å². The first-order valence-corrected chi connectivity index (χ1v) is 7.57. The van der Waals surface area contributed by atoms with Gasteiger partial charge in [0.25, 0.3) is 0 Å². The van der Waals surface area contributed by atoms with Crippen LogP contribution < -0.4 is 4.90 Å². The Bertz CT molecular complexity index is 596. The second-order valence-electron chi connectivity index (χ2n) is 5.34. The van der Waals surface area contributed by atoms with E-state index in [4.69, 9.17) is 0 Å². The number of hydrogen-bond acceptors (Lipinski definition) is 3. The van der Waals surface area contributed by atoms with Crippen LogP contribution in [0.15, 0.2) is 34.9 Å². The lowest BCUT2D eigenvalue weighted by molar-refractivity contribution is 0.757. The molecule has 0 N–H and O–H groups in total. The third kappa shape index (κ3) is 3.57. The zero-order chi connectivity index (χ0) is 14.7. The summed E-state index contributed by atoms with van der Waals surface area (Å²) in [5.41, 5.74) is 2.62. The van der Waals surface area contributed by atoms with Gasteiger partial charge in [-0.3, -0.25) is 0 Å². The van der Waals surface area contributed by atoms with Crippen molar-refractivity contribution < 1.29 is 0 Å². The van der Waals surface area contributed by atoms with Crippen molar-refractivity contribution in [1.29, 1.82) is 0 Å². The maximum Gasteiger partial charge on any atom is 0.134 e. The zero-order valence-corrected chi connectivity index (χ0v) is 14.0. The number of benzene rings is 1. The van der Waals surface area contributed by atoms with Crippen molar-refractivity contribution in [2.24, 2.45) is 0 Å². The quantitative estimate of drug-likeness (QED) is 0.781. The highest BCUT2D eigenvalue weighted by Gasteiger charge is 2.11. The molecule has 4 heteroatoms. The molecule has 0 bridgehead atoms. The van der Waals surface area contributed by atoms with Crippen LogP contribution in [0.3, 0.4) is 0 Å². The number of hydrogen-bond donors (Lipinski definition) is 0. The Hall–Kier alpha value is -1.42. The van der Waals surface area contributed by atoms with Crippen LogP contribution in [-0.4, -0.2) is 17.0 Å². The molecule has 0 saturated carbocycles. The summed E-state index contributed by atoms with van der Waals surface area (Å²) in [6.45, 7) is 7.19. The lowest BCUT2D eigenvalue weighted by atomic mass is 10.1. The van der Waals surface area contributed by atoms with Gasteiger partial charge in [-0.2, -0.15) is 0 Å². The molecule has 0 spiro atoms. The predicted molar refractivity (Wildman–Crippen MR) is 87.1 cm³/mol. The fraction of sp³-hybridized carbons (Fsp3) is 0.375. The van der Waals surface area contributed by atoms with Gasteiger partial charge in [0.2, 0.25) is 0 Å². The van der Waals surface area contributed by atoms with Crippen LogP contribution in [0.4, 0.5) is 5.82 Å². The van der Waals surface area contributed by atoms with Crippen LogP contribution in [0, 0.1) is 6.92 Å². The number of aryl methyl sites for hydroxylation is 1. The Morgan fingerprint density at radius 3 is 2.55 bits per heavy atom. The Balaban J connectivity index is 2.25. The van der Waals surface area contributed by atoms with Crippen LogP contribution in [0.25, 0.3) is 0 Å². The summed E-state index contributed by atoms with van der Waals surface area (Å²) in [4.78, 5) is 11.2. The molecule has 0 aliphatic carbocycles. The number of aromatic nitrogens is 2. The first kappa shape index (κ1) is 15.0. The standard InChI is InChI=1S/C16H20BrN3/c1-11(2)16-18-14(17)9-15(19-16)20(4)10-13-8-6-5-7-12(13)3/h5-9,11H,10H2,1-4H3. The summed E-state index contributed by atoms with van der Waals surface area (Å²) in [6.07, 6.45) is 0. The van der Waals surface area contributed by atoms with Crippen LogP contribution in [0.2, 0.25) is 0 Å². The second kappa shape index (κ2) is 6.35. The van der Waals surface area contributed by atoms with E-state index in [1.807, 2.05) is 6.07 Å². The van der Waals surface area contributed by atoms with Crippen LogP contribution in [0.5, 0.6) is 0 Å². The molecule has 0 radical (unpaired) electrons. The molecule has 0 unspecified atom stereocenters. The van der Waals surface area contributed by atoms with Crippen molar-refractivity contribution in [1.82, 2.24) is 9.97 Å². The fourth-order valence-electron chi connectivity index (χ4n) is 2.00. The number of halogens is 1. The highest BCUT2D eigenvalue weighted by atomic mass is 79.9. The molecule has 106 valence electrons. The predicted octanol–water partition coefficient (Wildman–Crippen LogP) is 4.31. The molecule has 1 aromatic carbocycles. The Morgan fingerprint density at radius 2 is 1.90 bits per heavy atom. The molecule has 0 aliphatic heterocycles. The summed E-state index contributed by atoms with van der Waals surface area (Å²) in [5.74, 6) is 2.13. The first-order chi connectivity index (χ1) is 9.47. The van der Waals surface area contributed by atoms with Gasteiger partial charge < -0.3 is 4.90 Å². The maximum atomic E-state index is 4.64. The van der Waals surface area contributed by atoms with Crippen LogP contribution in [-0.2, 0) is 6.54 Å². The number of anilines is 1. The van der Waals surface area contributed by atoms with E-state index in [1.165, 1.54) is 11.1 Å². The molecular formula is C16H20BrN3. The van der Waals surface area contributed by atoms with E-state index in [9.17, 15) is 0 Å². The minimum absolute atomic E-state index is 0.318. The third-order valence-corrected chi connectivity index (χ3v) is 3.68. The molecule has 0 fully saturated rings. The van der Waals surface area contributed by atoms with Crippen molar-refractivity contribution in [3.05, 3.63) is 51.9 Å². The summed E-state index contributed by atoms with van der Waals surface area (Å²) in [5, 5.41) is 0. The molecule has 0 atom stereocenters. The molecule has 0 saturated heterocycles. The topological polar surface area (TPSA) is 29.0 Å². The van der Waals surface area contributed by atoms with Crippen LogP contribution in [0.1, 0.15) is 36.7 Å². The van der Waals surface area contributed by atoms with Gasteiger partial charge in [-0.25, -0.2) is 9.97 Å². The van der Waals surface area contributed by atoms with E-state index in [0.29, 0.717) is 5.92 Å². The van der Waals surface area contributed by atoms with E-state index in [0.717, 1.165) is 22.8 Å². The van der Waals surface area contributed by atoms with Crippen molar-refractivity contribution in [3.63, 3.8) is 0 Å². The fourth-order valence-corrected chi connectivity index (χ4v) is 2.39. The SMILES string of the molecule is Cc1ccccc1CN(C)c1cc(Br)nc(C(C)C)n1. The van der Waals surface area contributed by atoms with Gasteiger partial charge in [-0.1, -0.05) is 38.1 Å². The zero-order valence-electron chi connectivity index (χ0n) is 12.4. The average Bonchev–Trinajstić information content (AvgIpc) is 2.40. The average molecular weight is 334 g/mol. The number of nitrogens with zero attached hydrogens (tertiary/aromatic N) is 3. The molecule has 2 rings (SSSR count). The van der Waals surface area contributed by atoms with Gasteiger partial charge in [-0.05, 0) is 34.0 Å². The lowest BCUT2D eigenvalue weighted by Crippen LogP contribution is -2.19. The summed E-state index contributed by atoms with van der Waals surface area (Å²) < 4.78 is 0.836. The van der Waals surface area contributed by atoms with E-state index in [-0.39, 0.29) is 0 Å². The summed E-state index contributed by atoms with van der Waals surface area (Å²) in [6, 6.07) is 10.4. The highest BCUT2D eigenvalue weighted by Crippen LogP contribution is 2.21. The molecular weight excluding hydrogens is 314 g/mol. The Morgan fingerprint density at radius 1 is 1.20 bits per heavy atom. The second-order valence-corrected chi connectivity index (χ2v) is 6.16. The normalized spacial score (nSPS) is 10.9. The minimum Gasteiger partial charge on any atom is -0.355 e. The van der Waals surface area contributed by atoms with Gasteiger partial charge in [-0.15, -0.1) is 0 Å². The molecule has 20 heavy (non-hydrogen) atoms.